The molecule has 3 heterocycles. The molecule has 6 rings (SSSR count). The molecule has 13 nitrogen and oxygen atoms in total. The Morgan fingerprint density at radius 3 is 2.44 bits per heavy atom. The number of hydrogen-bond donors (Lipinski definition) is 4. The van der Waals surface area contributed by atoms with Gasteiger partial charge in [0.1, 0.15) is 17.7 Å². The van der Waals surface area contributed by atoms with E-state index < -0.39 is 57.8 Å². The van der Waals surface area contributed by atoms with Gasteiger partial charge in [-0.25, -0.2) is 9.52 Å². The normalized spacial score (nSPS) is 28.1. The lowest BCUT2D eigenvalue weighted by atomic mass is 10.1. The minimum absolute atomic E-state index is 0.00259. The molecule has 0 unspecified atom stereocenters. The van der Waals surface area contributed by atoms with Crippen LogP contribution in [0.3, 0.4) is 0 Å². The number of anilines is 1. The first kappa shape index (κ1) is 33.7. The predicted molar refractivity (Wildman–Crippen MR) is 176 cm³/mol. The highest BCUT2D eigenvalue weighted by Crippen LogP contribution is 2.45. The molecule has 2 aromatic carbocycles. The number of allylic oxidation sites excluding steroid dienone is 1. The molecule has 0 spiro atoms. The second kappa shape index (κ2) is 13.8. The second-order valence-corrected chi connectivity index (χ2v) is 14.8. The molecule has 2 aromatic rings. The van der Waals surface area contributed by atoms with Gasteiger partial charge >= 0.3 is 16.3 Å². The van der Waals surface area contributed by atoms with Gasteiger partial charge in [-0.15, -0.1) is 0 Å². The molecule has 1 saturated carbocycles. The second-order valence-electron chi connectivity index (χ2n) is 13.0. The van der Waals surface area contributed by atoms with Crippen molar-refractivity contribution < 1.29 is 38.1 Å². The summed E-state index contributed by atoms with van der Waals surface area (Å²) >= 11 is 5.90. The molecule has 0 radical (unpaired) electrons. The Kier molecular flexibility index (Phi) is 9.68. The van der Waals surface area contributed by atoms with Crippen LogP contribution in [0.1, 0.15) is 56.1 Å². The Hall–Kier alpha value is -4.14. The highest BCUT2D eigenvalue weighted by atomic mass is 35.5. The summed E-state index contributed by atoms with van der Waals surface area (Å²) in [6, 6.07) is 12.0. The maximum Gasteiger partial charge on any atom is 0.410 e. The fraction of sp³-hybridized carbons (Fsp3) is 0.455. The Bertz CT molecular complexity index is 1700. The van der Waals surface area contributed by atoms with E-state index in [1.807, 2.05) is 36.4 Å². The number of rotatable bonds is 5. The number of ether oxygens (including phenoxy) is 1. The molecule has 1 aliphatic carbocycles. The number of carbonyl (C=O) groups is 4. The largest absolute Gasteiger partial charge is 0.444 e. The summed E-state index contributed by atoms with van der Waals surface area (Å²) in [6.45, 7) is 0.798. The van der Waals surface area contributed by atoms with E-state index in [0.717, 1.165) is 36.8 Å². The standard InChI is InChI=1S/C33H39ClN6O7S/c34-24-12-14-25(15-13-24)37-48(45,46)38-31(43)33-17-23(33)10-4-2-1-3-5-11-27(35)30(42)40-20-26(16-28(40)29(41)36-33)47-32(44)39-18-21-8-6-7-9-22(21)19-39/h4,6-10,12-15,23,26-28,37H,1-3,5,11,16-20,35H2,(H,36,41)(H,38,43)/p+1/b10-4-/t23-,26-,27+,28+,33-/m1/s1. The van der Waals surface area contributed by atoms with E-state index in [0.29, 0.717) is 24.5 Å². The number of halogens is 1. The third-order valence-corrected chi connectivity index (χ3v) is 10.7. The zero-order chi connectivity index (χ0) is 34.1. The van der Waals surface area contributed by atoms with E-state index in [4.69, 9.17) is 16.3 Å². The van der Waals surface area contributed by atoms with Crippen molar-refractivity contribution in [3.05, 3.63) is 76.8 Å². The van der Waals surface area contributed by atoms with E-state index in [2.05, 4.69) is 20.5 Å². The first-order valence-electron chi connectivity index (χ1n) is 16.2. The van der Waals surface area contributed by atoms with E-state index in [9.17, 15) is 27.6 Å². The van der Waals surface area contributed by atoms with Crippen molar-refractivity contribution in [2.75, 3.05) is 11.3 Å². The van der Waals surface area contributed by atoms with Crippen molar-refractivity contribution in [3.63, 3.8) is 0 Å². The van der Waals surface area contributed by atoms with Crippen LogP contribution < -0.4 is 20.5 Å². The number of nitrogens with one attached hydrogen (secondary N) is 3. The minimum atomic E-state index is -4.38. The number of nitrogens with zero attached hydrogens (tertiary/aromatic N) is 2. The van der Waals surface area contributed by atoms with Crippen LogP contribution in [0.15, 0.2) is 60.7 Å². The van der Waals surface area contributed by atoms with Crippen LogP contribution in [-0.2, 0) is 42.4 Å². The molecular weight excluding hydrogens is 660 g/mol. The van der Waals surface area contributed by atoms with E-state index >= 15 is 0 Å². The van der Waals surface area contributed by atoms with E-state index in [-0.39, 0.29) is 31.0 Å². The zero-order valence-electron chi connectivity index (χ0n) is 26.4. The van der Waals surface area contributed by atoms with E-state index in [1.54, 1.807) is 4.90 Å². The number of fused-ring (bicyclic) bond motifs is 3. The predicted octanol–water partition coefficient (Wildman–Crippen LogP) is 2.24. The van der Waals surface area contributed by atoms with Gasteiger partial charge in [-0.05, 0) is 61.1 Å². The molecule has 0 aromatic heterocycles. The number of quaternary nitrogens is 1. The highest BCUT2D eigenvalue weighted by Gasteiger charge is 2.61. The first-order chi connectivity index (χ1) is 22.9. The summed E-state index contributed by atoms with van der Waals surface area (Å²) < 4.78 is 36.1. The van der Waals surface area contributed by atoms with Crippen LogP contribution in [0.5, 0.6) is 0 Å². The van der Waals surface area contributed by atoms with Gasteiger partial charge < -0.3 is 20.7 Å². The molecular formula is C33H40ClN6O7S+. The van der Waals surface area contributed by atoms with Crippen LogP contribution >= 0.6 is 11.6 Å². The van der Waals surface area contributed by atoms with Crippen LogP contribution in [-0.4, -0.2) is 72.3 Å². The van der Waals surface area contributed by atoms with Crippen LogP contribution in [0, 0.1) is 5.92 Å². The number of carbonyl (C=O) groups excluding carboxylic acids is 4. The van der Waals surface area contributed by atoms with Gasteiger partial charge in [-0.2, -0.15) is 8.42 Å². The summed E-state index contributed by atoms with van der Waals surface area (Å²) in [5, 5.41) is 3.21. The van der Waals surface area contributed by atoms with Crippen LogP contribution in [0.4, 0.5) is 10.5 Å². The molecule has 15 heteroatoms. The Morgan fingerprint density at radius 1 is 1.02 bits per heavy atom. The topological polar surface area (TPSA) is 182 Å². The number of hydrogen-bond acceptors (Lipinski definition) is 7. The first-order valence-corrected chi connectivity index (χ1v) is 18.1. The van der Waals surface area contributed by atoms with Crippen molar-refractivity contribution >= 4 is 51.3 Å². The van der Waals surface area contributed by atoms with Crippen molar-refractivity contribution in [1.29, 1.82) is 0 Å². The number of amides is 4. The molecule has 3 aliphatic heterocycles. The molecule has 4 amide bonds. The van der Waals surface area contributed by atoms with Gasteiger partial charge in [0.05, 0.1) is 12.2 Å². The molecule has 48 heavy (non-hydrogen) atoms. The lowest BCUT2D eigenvalue weighted by Crippen LogP contribution is -2.69. The minimum Gasteiger partial charge on any atom is -0.444 e. The smallest absolute Gasteiger partial charge is 0.410 e. The van der Waals surface area contributed by atoms with Crippen molar-refractivity contribution in [2.24, 2.45) is 5.92 Å². The highest BCUT2D eigenvalue weighted by molar-refractivity contribution is 7.91. The van der Waals surface area contributed by atoms with Crippen molar-refractivity contribution in [1.82, 2.24) is 19.8 Å². The van der Waals surface area contributed by atoms with Gasteiger partial charge in [0.25, 0.3) is 11.8 Å². The molecule has 2 fully saturated rings. The van der Waals surface area contributed by atoms with Gasteiger partial charge in [0.15, 0.2) is 6.04 Å². The Morgan fingerprint density at radius 2 is 1.73 bits per heavy atom. The summed E-state index contributed by atoms with van der Waals surface area (Å²) in [7, 11) is -4.38. The lowest BCUT2D eigenvalue weighted by molar-refractivity contribution is -0.407. The quantitative estimate of drug-likeness (QED) is 0.345. The van der Waals surface area contributed by atoms with Gasteiger partial charge in [-0.1, -0.05) is 54.4 Å². The third kappa shape index (κ3) is 7.45. The fourth-order valence-corrected chi connectivity index (χ4v) is 7.75. The summed E-state index contributed by atoms with van der Waals surface area (Å²) in [4.78, 5) is 57.5. The lowest BCUT2D eigenvalue weighted by Gasteiger charge is -2.27. The van der Waals surface area contributed by atoms with Crippen LogP contribution in [0.25, 0.3) is 0 Å². The van der Waals surface area contributed by atoms with Gasteiger partial charge in [0, 0.05) is 36.9 Å². The molecule has 1 saturated heterocycles. The van der Waals surface area contributed by atoms with Crippen molar-refractivity contribution in [3.8, 4) is 0 Å². The monoisotopic (exact) mass is 699 g/mol. The zero-order valence-corrected chi connectivity index (χ0v) is 28.0. The summed E-state index contributed by atoms with van der Waals surface area (Å²) in [5.41, 5.74) is 4.77. The van der Waals surface area contributed by atoms with Gasteiger partial charge in [0.2, 0.25) is 5.91 Å². The molecule has 256 valence electrons. The fourth-order valence-electron chi connectivity index (χ4n) is 6.70. The Labute approximate surface area is 284 Å². The molecule has 5 atom stereocenters. The third-order valence-electron chi connectivity index (χ3n) is 9.45. The van der Waals surface area contributed by atoms with E-state index in [1.165, 1.54) is 29.2 Å². The van der Waals surface area contributed by atoms with Crippen molar-refractivity contribution in [2.45, 2.75) is 81.8 Å². The summed E-state index contributed by atoms with van der Waals surface area (Å²) in [6.07, 6.45) is 6.43. The maximum atomic E-state index is 14.0. The molecule has 0 bridgehead atoms. The maximum absolute atomic E-state index is 14.0. The average Bonchev–Trinajstić information content (AvgIpc) is 3.35. The molecule has 4 aliphatic rings. The molecule has 6 N–H and O–H groups in total. The van der Waals surface area contributed by atoms with Gasteiger partial charge in [-0.3, -0.25) is 24.0 Å². The average molecular weight is 700 g/mol. The number of benzene rings is 2. The Balaban J connectivity index is 1.20. The summed E-state index contributed by atoms with van der Waals surface area (Å²) in [5.74, 6) is -2.34. The SMILES string of the molecule is [NH3+][C@H]1CCCCC/C=C\[C@@H]2C[C@@]2(C(=O)NS(=O)(=O)Nc2ccc(Cl)cc2)NC(=O)[C@@H]2C[C@@H](OC(=O)N3Cc4ccccc4C3)CN2C1=O. The van der Waals surface area contributed by atoms with Crippen LogP contribution in [0.2, 0.25) is 5.02 Å².